The number of hydrogen-bond donors (Lipinski definition) is 1. The van der Waals surface area contributed by atoms with E-state index in [1.807, 2.05) is 50.2 Å². The van der Waals surface area contributed by atoms with Gasteiger partial charge in [-0.25, -0.2) is 0 Å². The molecule has 0 saturated heterocycles. The van der Waals surface area contributed by atoms with Crippen LogP contribution in [-0.2, 0) is 10.5 Å². The van der Waals surface area contributed by atoms with Crippen LogP contribution < -0.4 is 10.1 Å². The summed E-state index contributed by atoms with van der Waals surface area (Å²) in [4.78, 5) is 12.2. The number of carbonyl (C=O) groups excluding carboxylic acids is 1. The Hall–Kier alpha value is -1.88. The summed E-state index contributed by atoms with van der Waals surface area (Å²) in [6, 6.07) is 11.6. The molecule has 0 spiro atoms. The van der Waals surface area contributed by atoms with Crippen molar-refractivity contribution in [1.29, 1.82) is 0 Å². The second-order valence-electron chi connectivity index (χ2n) is 5.25. The van der Waals surface area contributed by atoms with E-state index in [1.54, 1.807) is 18.0 Å². The van der Waals surface area contributed by atoms with Crippen LogP contribution in [0.4, 0.5) is 0 Å². The van der Waals surface area contributed by atoms with Gasteiger partial charge in [0.15, 0.2) is 6.10 Å². The summed E-state index contributed by atoms with van der Waals surface area (Å²) in [5.41, 5.74) is 1.12. The first-order valence-electron chi connectivity index (χ1n) is 7.80. The highest BCUT2D eigenvalue weighted by molar-refractivity contribution is 7.98. The predicted octanol–water partition coefficient (Wildman–Crippen LogP) is 3.80. The standard InChI is InChI=1S/C18H23NO3S/c1-3-17(22-15-7-4-6-14(2)12-15)18(20)19-9-11-23-13-16-8-5-10-21-16/h4-8,10,12,17H,3,9,11,13H2,1-2H3,(H,19,20)/t17-/m0/s1. The van der Waals surface area contributed by atoms with Crippen LogP contribution in [0, 0.1) is 6.92 Å². The Morgan fingerprint density at radius 1 is 1.35 bits per heavy atom. The van der Waals surface area contributed by atoms with E-state index < -0.39 is 6.10 Å². The van der Waals surface area contributed by atoms with Gasteiger partial charge in [0.05, 0.1) is 12.0 Å². The molecule has 23 heavy (non-hydrogen) atoms. The quantitative estimate of drug-likeness (QED) is 0.709. The fraction of sp³-hybridized carbons (Fsp3) is 0.389. The number of carbonyl (C=O) groups is 1. The Morgan fingerprint density at radius 3 is 2.91 bits per heavy atom. The van der Waals surface area contributed by atoms with Crippen molar-refractivity contribution in [2.75, 3.05) is 12.3 Å². The monoisotopic (exact) mass is 333 g/mol. The largest absolute Gasteiger partial charge is 0.481 e. The van der Waals surface area contributed by atoms with Crippen LogP contribution in [0.5, 0.6) is 5.75 Å². The van der Waals surface area contributed by atoms with E-state index >= 15 is 0 Å². The maximum Gasteiger partial charge on any atom is 0.261 e. The van der Waals surface area contributed by atoms with Crippen molar-refractivity contribution < 1.29 is 13.9 Å². The molecule has 0 aliphatic rings. The number of hydrogen-bond acceptors (Lipinski definition) is 4. The number of furan rings is 1. The molecule has 2 aromatic rings. The molecule has 1 N–H and O–H groups in total. The van der Waals surface area contributed by atoms with E-state index in [9.17, 15) is 4.79 Å². The van der Waals surface area contributed by atoms with Gasteiger partial charge in [-0.1, -0.05) is 19.1 Å². The number of nitrogens with one attached hydrogen (secondary N) is 1. The molecule has 0 fully saturated rings. The highest BCUT2D eigenvalue weighted by Gasteiger charge is 2.17. The smallest absolute Gasteiger partial charge is 0.261 e. The van der Waals surface area contributed by atoms with Crippen molar-refractivity contribution in [1.82, 2.24) is 5.32 Å². The lowest BCUT2D eigenvalue weighted by molar-refractivity contribution is -0.127. The van der Waals surface area contributed by atoms with E-state index in [2.05, 4.69) is 5.32 Å². The van der Waals surface area contributed by atoms with E-state index in [0.717, 1.165) is 28.6 Å². The summed E-state index contributed by atoms with van der Waals surface area (Å²) in [6.07, 6.45) is 1.86. The van der Waals surface area contributed by atoms with Gasteiger partial charge in [0, 0.05) is 12.3 Å². The van der Waals surface area contributed by atoms with Gasteiger partial charge in [0.1, 0.15) is 11.5 Å². The van der Waals surface area contributed by atoms with Crippen molar-refractivity contribution >= 4 is 17.7 Å². The molecule has 4 nitrogen and oxygen atoms in total. The third-order valence-corrected chi connectivity index (χ3v) is 4.28. The summed E-state index contributed by atoms with van der Waals surface area (Å²) in [5, 5.41) is 2.93. The zero-order chi connectivity index (χ0) is 16.5. The lowest BCUT2D eigenvalue weighted by Crippen LogP contribution is -2.39. The van der Waals surface area contributed by atoms with Crippen molar-refractivity contribution in [3.63, 3.8) is 0 Å². The molecule has 5 heteroatoms. The molecular weight excluding hydrogens is 310 g/mol. The fourth-order valence-electron chi connectivity index (χ4n) is 2.10. The Morgan fingerprint density at radius 2 is 2.22 bits per heavy atom. The van der Waals surface area contributed by atoms with Gasteiger partial charge in [-0.3, -0.25) is 4.79 Å². The molecule has 0 unspecified atom stereocenters. The second kappa shape index (κ2) is 9.30. The van der Waals surface area contributed by atoms with E-state index in [4.69, 9.17) is 9.15 Å². The Balaban J connectivity index is 1.70. The third kappa shape index (κ3) is 6.02. The zero-order valence-electron chi connectivity index (χ0n) is 13.6. The minimum absolute atomic E-state index is 0.0624. The van der Waals surface area contributed by atoms with Crippen molar-refractivity contribution in [2.24, 2.45) is 0 Å². The van der Waals surface area contributed by atoms with Gasteiger partial charge in [-0.2, -0.15) is 11.8 Å². The molecule has 1 aromatic carbocycles. The second-order valence-corrected chi connectivity index (χ2v) is 6.36. The van der Waals surface area contributed by atoms with Gasteiger partial charge in [0.25, 0.3) is 5.91 Å². The van der Waals surface area contributed by atoms with Crippen LogP contribution in [0.2, 0.25) is 0 Å². The van der Waals surface area contributed by atoms with Gasteiger partial charge < -0.3 is 14.5 Å². The van der Waals surface area contributed by atoms with Crippen LogP contribution >= 0.6 is 11.8 Å². The first-order chi connectivity index (χ1) is 11.2. The number of rotatable bonds is 9. The van der Waals surface area contributed by atoms with Crippen LogP contribution in [-0.4, -0.2) is 24.3 Å². The van der Waals surface area contributed by atoms with E-state index in [1.165, 1.54) is 0 Å². The molecule has 1 heterocycles. The fourth-order valence-corrected chi connectivity index (χ4v) is 2.86. The molecular formula is C18H23NO3S. The molecule has 124 valence electrons. The van der Waals surface area contributed by atoms with Gasteiger partial charge in [-0.05, 0) is 43.2 Å². The number of benzene rings is 1. The summed E-state index contributed by atoms with van der Waals surface area (Å²) >= 11 is 1.73. The average molecular weight is 333 g/mol. The van der Waals surface area contributed by atoms with Crippen LogP contribution in [0.25, 0.3) is 0 Å². The molecule has 0 bridgehead atoms. The molecule has 1 aromatic heterocycles. The first-order valence-corrected chi connectivity index (χ1v) is 8.95. The topological polar surface area (TPSA) is 51.5 Å². The van der Waals surface area contributed by atoms with E-state index in [-0.39, 0.29) is 5.91 Å². The van der Waals surface area contributed by atoms with Crippen LogP contribution in [0.15, 0.2) is 47.1 Å². The zero-order valence-corrected chi connectivity index (χ0v) is 14.4. The summed E-state index contributed by atoms with van der Waals surface area (Å²) in [6.45, 7) is 4.58. The predicted molar refractivity (Wildman–Crippen MR) is 93.8 cm³/mol. The van der Waals surface area contributed by atoms with Crippen LogP contribution in [0.3, 0.4) is 0 Å². The number of amides is 1. The summed E-state index contributed by atoms with van der Waals surface area (Å²) in [5.74, 6) is 3.29. The molecule has 0 radical (unpaired) electrons. The lowest BCUT2D eigenvalue weighted by atomic mass is 10.2. The minimum atomic E-state index is -0.452. The Labute approximate surface area is 141 Å². The average Bonchev–Trinajstić information content (AvgIpc) is 3.05. The van der Waals surface area contributed by atoms with Crippen molar-refractivity contribution in [2.45, 2.75) is 32.1 Å². The normalized spacial score (nSPS) is 11.9. The SMILES string of the molecule is CC[C@H](Oc1cccc(C)c1)C(=O)NCCSCc1ccco1. The molecule has 1 amide bonds. The number of aryl methyl sites for hydroxylation is 1. The maximum absolute atomic E-state index is 12.2. The molecule has 0 aliphatic heterocycles. The third-order valence-electron chi connectivity index (χ3n) is 3.30. The van der Waals surface area contributed by atoms with Gasteiger partial charge in [0.2, 0.25) is 0 Å². The van der Waals surface area contributed by atoms with Crippen molar-refractivity contribution in [3.05, 3.63) is 54.0 Å². The number of thioether (sulfide) groups is 1. The van der Waals surface area contributed by atoms with Crippen molar-refractivity contribution in [3.8, 4) is 5.75 Å². The Kier molecular flexibility index (Phi) is 7.07. The number of ether oxygens (including phenoxy) is 1. The van der Waals surface area contributed by atoms with Gasteiger partial charge >= 0.3 is 0 Å². The van der Waals surface area contributed by atoms with E-state index in [0.29, 0.717) is 13.0 Å². The summed E-state index contributed by atoms with van der Waals surface area (Å²) in [7, 11) is 0. The lowest BCUT2D eigenvalue weighted by Gasteiger charge is -2.17. The van der Waals surface area contributed by atoms with Crippen LogP contribution in [0.1, 0.15) is 24.7 Å². The molecule has 0 aliphatic carbocycles. The molecule has 0 saturated carbocycles. The molecule has 2 rings (SSSR count). The highest BCUT2D eigenvalue weighted by atomic mass is 32.2. The first kappa shape index (κ1) is 17.5. The Bertz CT molecular complexity index is 598. The minimum Gasteiger partial charge on any atom is -0.481 e. The molecule has 1 atom stereocenters. The maximum atomic E-state index is 12.2. The highest BCUT2D eigenvalue weighted by Crippen LogP contribution is 2.15. The summed E-state index contributed by atoms with van der Waals surface area (Å²) < 4.78 is 11.1. The van der Waals surface area contributed by atoms with Gasteiger partial charge in [-0.15, -0.1) is 0 Å².